The van der Waals surface area contributed by atoms with Crippen molar-refractivity contribution >= 4 is 12.1 Å². The first-order chi connectivity index (χ1) is 9.02. The second-order valence-corrected chi connectivity index (χ2v) is 3.78. The van der Waals surface area contributed by atoms with Crippen LogP contribution in [0.5, 0.6) is 0 Å². The van der Waals surface area contributed by atoms with Crippen LogP contribution < -0.4 is 11.0 Å². The van der Waals surface area contributed by atoms with Crippen LogP contribution in [0.25, 0.3) is 11.3 Å². The third kappa shape index (κ3) is 2.49. The second kappa shape index (κ2) is 4.97. The Bertz CT molecular complexity index is 698. The normalized spacial score (nSPS) is 10.3. The number of aryl methyl sites for hydroxylation is 1. The lowest BCUT2D eigenvalue weighted by molar-refractivity contribution is -0.105. The van der Waals surface area contributed by atoms with Crippen LogP contribution in [-0.4, -0.2) is 16.4 Å². The minimum Gasteiger partial charge on any atom is -0.325 e. The van der Waals surface area contributed by atoms with Crippen molar-refractivity contribution in [2.24, 2.45) is 0 Å². The van der Waals surface area contributed by atoms with E-state index in [1.165, 1.54) is 6.07 Å². The van der Waals surface area contributed by atoms with Gasteiger partial charge in [-0.3, -0.25) is 4.79 Å². The van der Waals surface area contributed by atoms with Crippen molar-refractivity contribution < 1.29 is 13.6 Å². The van der Waals surface area contributed by atoms with Crippen molar-refractivity contribution in [3.05, 3.63) is 46.0 Å². The fourth-order valence-electron chi connectivity index (χ4n) is 1.67. The molecule has 1 amide bonds. The van der Waals surface area contributed by atoms with Crippen molar-refractivity contribution in [1.29, 1.82) is 0 Å². The minimum absolute atomic E-state index is 0.0762. The molecule has 0 unspecified atom stereocenters. The van der Waals surface area contributed by atoms with Crippen LogP contribution in [0.4, 0.5) is 14.5 Å². The van der Waals surface area contributed by atoms with E-state index >= 15 is 0 Å². The summed E-state index contributed by atoms with van der Waals surface area (Å²) in [6, 6.07) is 3.11. The fraction of sp³-hybridized carbons (Fsp3) is 0.0833. The van der Waals surface area contributed by atoms with E-state index in [2.05, 4.69) is 15.3 Å². The molecule has 0 saturated heterocycles. The zero-order chi connectivity index (χ0) is 14.0. The van der Waals surface area contributed by atoms with Gasteiger partial charge in [-0.15, -0.1) is 0 Å². The van der Waals surface area contributed by atoms with Crippen LogP contribution in [0.2, 0.25) is 0 Å². The highest BCUT2D eigenvalue weighted by Gasteiger charge is 2.13. The summed E-state index contributed by atoms with van der Waals surface area (Å²) in [6.07, 6.45) is 0.408. The van der Waals surface area contributed by atoms with Gasteiger partial charge in [-0.25, -0.2) is 13.6 Å². The van der Waals surface area contributed by atoms with Gasteiger partial charge >= 0.3 is 5.69 Å². The van der Waals surface area contributed by atoms with Crippen molar-refractivity contribution in [3.8, 4) is 11.3 Å². The first kappa shape index (κ1) is 12.9. The highest BCUT2D eigenvalue weighted by molar-refractivity contribution is 5.83. The zero-order valence-electron chi connectivity index (χ0n) is 9.83. The molecule has 2 N–H and O–H groups in total. The maximum Gasteiger partial charge on any atom is 0.345 e. The summed E-state index contributed by atoms with van der Waals surface area (Å²) in [6.45, 7) is 1.55. The van der Waals surface area contributed by atoms with Crippen LogP contribution in [-0.2, 0) is 4.79 Å². The molecule has 0 fully saturated rings. The van der Waals surface area contributed by atoms with Crippen LogP contribution in [0.15, 0.2) is 23.0 Å². The topological polar surface area (TPSA) is 74.8 Å². The highest BCUT2D eigenvalue weighted by atomic mass is 19.2. The summed E-state index contributed by atoms with van der Waals surface area (Å²) in [5.41, 5.74) is 0.228. The van der Waals surface area contributed by atoms with E-state index < -0.39 is 17.3 Å². The van der Waals surface area contributed by atoms with E-state index in [1.54, 1.807) is 6.92 Å². The van der Waals surface area contributed by atoms with E-state index in [4.69, 9.17) is 0 Å². The standard InChI is InChI=1S/C12H9F2N3O2/c1-6-10(15-5-18)11(17-12(19)16-6)7-2-3-8(13)9(14)4-7/h2-5H,1H3,(H,15,18)(H,16,17,19). The Balaban J connectivity index is 2.69. The van der Waals surface area contributed by atoms with Gasteiger partial charge in [0.05, 0.1) is 5.69 Å². The number of nitrogens with one attached hydrogen (secondary N) is 2. The van der Waals surface area contributed by atoms with E-state index in [0.29, 0.717) is 12.1 Å². The molecule has 1 aromatic heterocycles. The molecule has 5 nitrogen and oxygen atoms in total. The lowest BCUT2D eigenvalue weighted by Gasteiger charge is -2.10. The Kier molecular flexibility index (Phi) is 3.37. The Morgan fingerprint density at radius 2 is 2.05 bits per heavy atom. The highest BCUT2D eigenvalue weighted by Crippen LogP contribution is 2.27. The maximum atomic E-state index is 13.2. The minimum atomic E-state index is -1.06. The first-order valence-corrected chi connectivity index (χ1v) is 5.29. The number of nitrogens with zero attached hydrogens (tertiary/aromatic N) is 1. The number of aromatic nitrogens is 2. The molecule has 0 bridgehead atoms. The van der Waals surface area contributed by atoms with E-state index in [-0.39, 0.29) is 16.9 Å². The zero-order valence-corrected chi connectivity index (χ0v) is 9.83. The predicted octanol–water partition coefficient (Wildman–Crippen LogP) is 1.59. The molecule has 7 heteroatoms. The van der Waals surface area contributed by atoms with Gasteiger partial charge in [0.1, 0.15) is 5.69 Å². The number of carbonyl (C=O) groups excluding carboxylic acids is 1. The fourth-order valence-corrected chi connectivity index (χ4v) is 1.67. The molecule has 2 rings (SSSR count). The molecule has 0 atom stereocenters. The summed E-state index contributed by atoms with van der Waals surface area (Å²) in [4.78, 5) is 28.0. The summed E-state index contributed by atoms with van der Waals surface area (Å²) < 4.78 is 26.1. The molecule has 0 aliphatic heterocycles. The number of H-pyrrole nitrogens is 1. The third-order valence-electron chi connectivity index (χ3n) is 2.52. The molecule has 2 aromatic rings. The number of carbonyl (C=O) groups is 1. The molecule has 0 aliphatic rings. The molecule has 98 valence electrons. The average Bonchev–Trinajstić information content (AvgIpc) is 2.36. The molecule has 19 heavy (non-hydrogen) atoms. The van der Waals surface area contributed by atoms with Crippen molar-refractivity contribution in [1.82, 2.24) is 9.97 Å². The monoisotopic (exact) mass is 265 g/mol. The molecular formula is C12H9F2N3O2. The molecule has 0 saturated carbocycles. The van der Waals surface area contributed by atoms with Gasteiger partial charge in [0.15, 0.2) is 11.6 Å². The Labute approximate surface area is 106 Å². The summed E-state index contributed by atoms with van der Waals surface area (Å²) in [5.74, 6) is -2.07. The average molecular weight is 265 g/mol. The predicted molar refractivity (Wildman–Crippen MR) is 64.6 cm³/mol. The van der Waals surface area contributed by atoms with Gasteiger partial charge in [-0.2, -0.15) is 4.98 Å². The van der Waals surface area contributed by atoms with Gasteiger partial charge in [0.25, 0.3) is 0 Å². The van der Waals surface area contributed by atoms with Crippen molar-refractivity contribution in [2.75, 3.05) is 5.32 Å². The maximum absolute atomic E-state index is 13.2. The lowest BCUT2D eigenvalue weighted by atomic mass is 10.1. The van der Waals surface area contributed by atoms with Gasteiger partial charge < -0.3 is 10.3 Å². The van der Waals surface area contributed by atoms with Crippen LogP contribution in [0.3, 0.4) is 0 Å². The smallest absolute Gasteiger partial charge is 0.325 e. The van der Waals surface area contributed by atoms with Crippen LogP contribution in [0.1, 0.15) is 5.69 Å². The number of hydrogen-bond acceptors (Lipinski definition) is 3. The van der Waals surface area contributed by atoms with Crippen molar-refractivity contribution in [3.63, 3.8) is 0 Å². The van der Waals surface area contributed by atoms with Gasteiger partial charge in [-0.1, -0.05) is 0 Å². The molecule has 1 heterocycles. The Hall–Kier alpha value is -2.57. The summed E-state index contributed by atoms with van der Waals surface area (Å²) in [7, 11) is 0. The van der Waals surface area contributed by atoms with E-state index in [9.17, 15) is 18.4 Å². The summed E-state index contributed by atoms with van der Waals surface area (Å²) in [5, 5.41) is 2.37. The lowest BCUT2D eigenvalue weighted by Crippen LogP contribution is -2.16. The van der Waals surface area contributed by atoms with E-state index in [0.717, 1.165) is 12.1 Å². The summed E-state index contributed by atoms with van der Waals surface area (Å²) >= 11 is 0. The van der Waals surface area contributed by atoms with Gasteiger partial charge in [0.2, 0.25) is 6.41 Å². The molecule has 1 aromatic carbocycles. The van der Waals surface area contributed by atoms with E-state index in [1.807, 2.05) is 0 Å². The van der Waals surface area contributed by atoms with Gasteiger partial charge in [-0.05, 0) is 25.1 Å². The van der Waals surface area contributed by atoms with Gasteiger partial charge in [0, 0.05) is 11.3 Å². The van der Waals surface area contributed by atoms with Crippen molar-refractivity contribution in [2.45, 2.75) is 6.92 Å². The number of aromatic amines is 1. The molecule has 0 spiro atoms. The molecule has 0 radical (unpaired) electrons. The number of amides is 1. The third-order valence-corrected chi connectivity index (χ3v) is 2.52. The number of halogens is 2. The van der Waals surface area contributed by atoms with Crippen LogP contribution in [0, 0.1) is 18.6 Å². The number of hydrogen-bond donors (Lipinski definition) is 2. The Morgan fingerprint density at radius 1 is 1.32 bits per heavy atom. The number of anilines is 1. The Morgan fingerprint density at radius 3 is 2.68 bits per heavy atom. The quantitative estimate of drug-likeness (QED) is 0.827. The largest absolute Gasteiger partial charge is 0.345 e. The number of benzene rings is 1. The SMILES string of the molecule is Cc1[nH]c(=O)nc(-c2ccc(F)c(F)c2)c1NC=O. The second-order valence-electron chi connectivity index (χ2n) is 3.78. The number of rotatable bonds is 3. The molecule has 0 aliphatic carbocycles. The van der Waals surface area contributed by atoms with Crippen LogP contribution >= 0.6 is 0 Å². The first-order valence-electron chi connectivity index (χ1n) is 5.29. The molecular weight excluding hydrogens is 256 g/mol.